The van der Waals surface area contributed by atoms with Crippen molar-refractivity contribution in [3.8, 4) is 0 Å². The van der Waals surface area contributed by atoms with E-state index in [0.717, 1.165) is 24.9 Å². The fourth-order valence-corrected chi connectivity index (χ4v) is 3.28. The zero-order valence-corrected chi connectivity index (χ0v) is 12.9. The Morgan fingerprint density at radius 2 is 2.21 bits per heavy atom. The zero-order valence-electron chi connectivity index (χ0n) is 12.9. The second-order valence-corrected chi connectivity index (χ2v) is 7.34. The van der Waals surface area contributed by atoms with E-state index in [1.165, 1.54) is 25.0 Å². The third-order valence-electron chi connectivity index (χ3n) is 4.40. The van der Waals surface area contributed by atoms with Gasteiger partial charge in [0.2, 0.25) is 0 Å². The summed E-state index contributed by atoms with van der Waals surface area (Å²) in [6.07, 6.45) is 5.70. The molecule has 1 N–H and O–H groups in total. The van der Waals surface area contributed by atoms with Crippen LogP contribution in [0.4, 0.5) is 0 Å². The van der Waals surface area contributed by atoms with Crippen LogP contribution in [-0.4, -0.2) is 13.1 Å². The Hall–Kier alpha value is -0.760. The average molecular weight is 263 g/mol. The molecule has 0 radical (unpaired) electrons. The molecule has 19 heavy (non-hydrogen) atoms. The van der Waals surface area contributed by atoms with Crippen LogP contribution in [0.25, 0.3) is 0 Å². The van der Waals surface area contributed by atoms with Crippen molar-refractivity contribution < 1.29 is 4.42 Å². The maximum absolute atomic E-state index is 5.70. The molecular weight excluding hydrogens is 234 g/mol. The van der Waals surface area contributed by atoms with Crippen LogP contribution in [0.2, 0.25) is 0 Å². The van der Waals surface area contributed by atoms with E-state index in [9.17, 15) is 0 Å². The molecule has 2 heteroatoms. The number of nitrogens with one attached hydrogen (secondary N) is 1. The minimum absolute atomic E-state index is 0.450. The third-order valence-corrected chi connectivity index (χ3v) is 4.40. The smallest absolute Gasteiger partial charge is 0.107 e. The second-order valence-electron chi connectivity index (χ2n) is 7.34. The topological polar surface area (TPSA) is 25.2 Å². The summed E-state index contributed by atoms with van der Waals surface area (Å²) in [6.45, 7) is 11.5. The maximum atomic E-state index is 5.70. The van der Waals surface area contributed by atoms with E-state index in [4.69, 9.17) is 4.42 Å². The quantitative estimate of drug-likeness (QED) is 0.850. The van der Waals surface area contributed by atoms with Gasteiger partial charge in [-0.05, 0) is 61.7 Å². The molecule has 2 atom stereocenters. The molecule has 2 rings (SSSR count). The summed E-state index contributed by atoms with van der Waals surface area (Å²) in [4.78, 5) is 0. The molecule has 0 aromatic carbocycles. The number of furan rings is 1. The highest BCUT2D eigenvalue weighted by Gasteiger charge is 2.36. The Labute approximate surface area is 118 Å². The van der Waals surface area contributed by atoms with Crippen LogP contribution in [-0.2, 0) is 0 Å². The van der Waals surface area contributed by atoms with Gasteiger partial charge in [0.1, 0.15) is 5.76 Å². The van der Waals surface area contributed by atoms with E-state index in [2.05, 4.69) is 39.1 Å². The van der Waals surface area contributed by atoms with Crippen LogP contribution in [0.5, 0.6) is 0 Å². The number of hydrogen-bond donors (Lipinski definition) is 1. The second kappa shape index (κ2) is 6.13. The Balaban J connectivity index is 1.99. The minimum atomic E-state index is 0.450. The fourth-order valence-electron chi connectivity index (χ4n) is 3.28. The zero-order chi connectivity index (χ0) is 13.9. The van der Waals surface area contributed by atoms with Crippen LogP contribution in [0, 0.1) is 17.3 Å². The van der Waals surface area contributed by atoms with Gasteiger partial charge in [-0.1, -0.05) is 27.7 Å². The molecule has 2 nitrogen and oxygen atoms in total. The summed E-state index contributed by atoms with van der Waals surface area (Å²) >= 11 is 0. The summed E-state index contributed by atoms with van der Waals surface area (Å²) in [5.74, 6) is 3.21. The summed E-state index contributed by atoms with van der Waals surface area (Å²) < 4.78 is 5.70. The van der Waals surface area contributed by atoms with E-state index in [-0.39, 0.29) is 0 Å². The fraction of sp³-hybridized carbons (Fsp3) is 0.765. The lowest BCUT2D eigenvalue weighted by Gasteiger charge is -2.40. The predicted octanol–water partition coefficient (Wildman–Crippen LogP) is 4.44. The van der Waals surface area contributed by atoms with Crippen molar-refractivity contribution in [3.05, 3.63) is 24.2 Å². The van der Waals surface area contributed by atoms with Crippen LogP contribution in [0.1, 0.15) is 58.6 Å². The molecule has 1 aromatic heterocycles. The molecule has 2 unspecified atom stereocenters. The van der Waals surface area contributed by atoms with Gasteiger partial charge in [0.15, 0.2) is 0 Å². The van der Waals surface area contributed by atoms with Crippen molar-refractivity contribution in [2.24, 2.45) is 17.3 Å². The van der Waals surface area contributed by atoms with Gasteiger partial charge in [0, 0.05) is 5.92 Å². The summed E-state index contributed by atoms with van der Waals surface area (Å²) in [7, 11) is 0. The largest absolute Gasteiger partial charge is 0.469 e. The minimum Gasteiger partial charge on any atom is -0.469 e. The molecule has 1 aliphatic carbocycles. The van der Waals surface area contributed by atoms with Crippen molar-refractivity contribution in [2.75, 3.05) is 13.1 Å². The van der Waals surface area contributed by atoms with E-state index in [1.54, 1.807) is 0 Å². The predicted molar refractivity (Wildman–Crippen MR) is 80.3 cm³/mol. The Morgan fingerprint density at radius 1 is 1.42 bits per heavy atom. The van der Waals surface area contributed by atoms with Crippen molar-refractivity contribution in [2.45, 2.75) is 52.9 Å². The van der Waals surface area contributed by atoms with Crippen molar-refractivity contribution in [1.82, 2.24) is 5.32 Å². The SMILES string of the molecule is CC(C)CNCC1CCC(C)(C)CC1c1ccco1. The standard InChI is InChI=1S/C17H29NO/c1-13(2)11-18-12-14-7-8-17(3,4)10-15(14)16-6-5-9-19-16/h5-6,9,13-15,18H,7-8,10-12H2,1-4H3. The molecule has 1 heterocycles. The molecule has 1 fully saturated rings. The van der Waals surface area contributed by atoms with E-state index in [1.807, 2.05) is 12.3 Å². The highest BCUT2D eigenvalue weighted by atomic mass is 16.3. The Morgan fingerprint density at radius 3 is 2.84 bits per heavy atom. The molecule has 0 bridgehead atoms. The highest BCUT2D eigenvalue weighted by molar-refractivity contribution is 5.10. The number of rotatable bonds is 5. The molecule has 0 amide bonds. The lowest BCUT2D eigenvalue weighted by atomic mass is 9.66. The van der Waals surface area contributed by atoms with Crippen LogP contribution in [0.15, 0.2) is 22.8 Å². The Kier molecular flexibility index (Phi) is 4.72. The first kappa shape index (κ1) is 14.6. The molecule has 0 aliphatic heterocycles. The first-order valence-corrected chi connectivity index (χ1v) is 7.72. The van der Waals surface area contributed by atoms with Gasteiger partial charge < -0.3 is 9.73 Å². The molecule has 1 aliphatic rings. The van der Waals surface area contributed by atoms with Crippen molar-refractivity contribution >= 4 is 0 Å². The van der Waals surface area contributed by atoms with Crippen LogP contribution >= 0.6 is 0 Å². The summed E-state index contributed by atoms with van der Waals surface area (Å²) in [6, 6.07) is 4.18. The molecule has 108 valence electrons. The highest BCUT2D eigenvalue weighted by Crippen LogP contribution is 2.46. The molecule has 1 aromatic rings. The number of hydrogen-bond acceptors (Lipinski definition) is 2. The molecule has 0 saturated heterocycles. The summed E-state index contributed by atoms with van der Waals surface area (Å²) in [5, 5.41) is 3.63. The first-order valence-electron chi connectivity index (χ1n) is 7.72. The molecular formula is C17H29NO. The monoisotopic (exact) mass is 263 g/mol. The van der Waals surface area contributed by atoms with Gasteiger partial charge in [-0.15, -0.1) is 0 Å². The molecule has 1 saturated carbocycles. The van der Waals surface area contributed by atoms with Crippen molar-refractivity contribution in [1.29, 1.82) is 0 Å². The van der Waals surface area contributed by atoms with Crippen LogP contribution < -0.4 is 5.32 Å². The van der Waals surface area contributed by atoms with E-state index < -0.39 is 0 Å². The average Bonchev–Trinajstić information content (AvgIpc) is 2.83. The van der Waals surface area contributed by atoms with Gasteiger partial charge in [0.05, 0.1) is 6.26 Å². The lowest BCUT2D eigenvalue weighted by Crippen LogP contribution is -2.35. The summed E-state index contributed by atoms with van der Waals surface area (Å²) in [5.41, 5.74) is 0.450. The third kappa shape index (κ3) is 4.10. The van der Waals surface area contributed by atoms with Gasteiger partial charge in [-0.3, -0.25) is 0 Å². The van der Waals surface area contributed by atoms with Gasteiger partial charge in [-0.2, -0.15) is 0 Å². The maximum Gasteiger partial charge on any atom is 0.107 e. The Bertz CT molecular complexity index is 367. The van der Waals surface area contributed by atoms with Crippen molar-refractivity contribution in [3.63, 3.8) is 0 Å². The van der Waals surface area contributed by atoms with Gasteiger partial charge in [0.25, 0.3) is 0 Å². The normalized spacial score (nSPS) is 26.8. The lowest BCUT2D eigenvalue weighted by molar-refractivity contribution is 0.145. The molecule has 0 spiro atoms. The first-order chi connectivity index (χ1) is 8.98. The van der Waals surface area contributed by atoms with Crippen LogP contribution in [0.3, 0.4) is 0 Å². The van der Waals surface area contributed by atoms with E-state index in [0.29, 0.717) is 11.3 Å². The van der Waals surface area contributed by atoms with Gasteiger partial charge in [-0.25, -0.2) is 0 Å². The van der Waals surface area contributed by atoms with E-state index >= 15 is 0 Å². The van der Waals surface area contributed by atoms with Gasteiger partial charge >= 0.3 is 0 Å².